The Morgan fingerprint density at radius 2 is 2.00 bits per heavy atom. The van der Waals surface area contributed by atoms with E-state index in [-0.39, 0.29) is 26.4 Å². The molecule has 1 aliphatic carbocycles. The zero-order chi connectivity index (χ0) is 16.0. The normalized spacial score (nSPS) is 18.2. The molecule has 1 aromatic carbocycles. The Balaban J connectivity index is 1.78. The number of benzene rings is 1. The van der Waals surface area contributed by atoms with E-state index in [4.69, 9.17) is 14.2 Å². The Morgan fingerprint density at radius 3 is 2.74 bits per heavy atom. The van der Waals surface area contributed by atoms with Gasteiger partial charge < -0.3 is 0 Å². The fourth-order valence-electron chi connectivity index (χ4n) is 3.01. The average molecular weight is 377 g/mol. The van der Waals surface area contributed by atoms with Crippen LogP contribution in [0.25, 0.3) is 11.3 Å². The van der Waals surface area contributed by atoms with Gasteiger partial charge in [0.1, 0.15) is 0 Å². The quantitative estimate of drug-likeness (QED) is 0.608. The van der Waals surface area contributed by atoms with Gasteiger partial charge in [0.25, 0.3) is 0 Å². The zero-order valence-corrected chi connectivity index (χ0v) is 15.0. The van der Waals surface area contributed by atoms with Gasteiger partial charge >= 0.3 is 141 Å². The van der Waals surface area contributed by atoms with Gasteiger partial charge in [-0.1, -0.05) is 0 Å². The Morgan fingerprint density at radius 1 is 1.22 bits per heavy atom. The van der Waals surface area contributed by atoms with Crippen LogP contribution in [0.3, 0.4) is 0 Å². The molecule has 0 saturated carbocycles. The van der Waals surface area contributed by atoms with Gasteiger partial charge in [-0.2, -0.15) is 0 Å². The van der Waals surface area contributed by atoms with Gasteiger partial charge in [0.05, 0.1) is 0 Å². The number of rotatable bonds is 3. The van der Waals surface area contributed by atoms with Crippen LogP contribution in [-0.4, -0.2) is 37.1 Å². The van der Waals surface area contributed by atoms with Crippen molar-refractivity contribution < 1.29 is 14.2 Å². The predicted octanol–water partition coefficient (Wildman–Crippen LogP) is 2.93. The molecule has 0 amide bonds. The average Bonchev–Trinajstić information content (AvgIpc) is 3.18. The van der Waals surface area contributed by atoms with Crippen molar-refractivity contribution >= 4 is 14.7 Å². The van der Waals surface area contributed by atoms with Crippen LogP contribution in [0.5, 0.6) is 17.2 Å². The van der Waals surface area contributed by atoms with Gasteiger partial charge in [0, 0.05) is 0 Å². The SMILES string of the molecule is COc1cc2c(cc1OC1CC=CC1)OC(C)(C)c1[se]nnc1-2. The third-order valence-corrected chi connectivity index (χ3v) is 6.34. The third-order valence-electron chi connectivity index (χ3n) is 4.18. The van der Waals surface area contributed by atoms with Crippen molar-refractivity contribution in [3.63, 3.8) is 0 Å². The Bertz CT molecular complexity index is 774. The molecule has 120 valence electrons. The summed E-state index contributed by atoms with van der Waals surface area (Å²) in [6.45, 7) is 4.13. The van der Waals surface area contributed by atoms with Gasteiger partial charge in [-0.15, -0.1) is 0 Å². The summed E-state index contributed by atoms with van der Waals surface area (Å²) in [7, 11) is 1.66. The first-order valence-electron chi connectivity index (χ1n) is 7.64. The number of methoxy groups -OCH3 is 1. The maximum absolute atomic E-state index is 6.22. The number of aromatic nitrogens is 2. The second kappa shape index (κ2) is 5.39. The third kappa shape index (κ3) is 2.46. The summed E-state index contributed by atoms with van der Waals surface area (Å²) < 4.78 is 23.3. The fraction of sp³-hybridized carbons (Fsp3) is 0.412. The van der Waals surface area contributed by atoms with Crippen molar-refractivity contribution in [2.45, 2.75) is 38.4 Å². The standard InChI is InChI=1S/C17H18N2O3Se/c1-17(2)16-15(18-19-23-16)11-8-13(20-3)14(9-12(11)22-17)21-10-6-4-5-7-10/h4-5,8-10H,6-7H2,1-3H3. The van der Waals surface area contributed by atoms with Gasteiger partial charge in [-0.25, -0.2) is 0 Å². The van der Waals surface area contributed by atoms with Crippen molar-refractivity contribution in [1.82, 2.24) is 9.19 Å². The van der Waals surface area contributed by atoms with E-state index >= 15 is 0 Å². The van der Waals surface area contributed by atoms with Crippen molar-refractivity contribution in [2.24, 2.45) is 0 Å². The van der Waals surface area contributed by atoms with E-state index in [0.717, 1.165) is 35.6 Å². The molecule has 6 heteroatoms. The van der Waals surface area contributed by atoms with Crippen LogP contribution in [0, 0.1) is 0 Å². The van der Waals surface area contributed by atoms with Gasteiger partial charge in [0.2, 0.25) is 0 Å². The van der Waals surface area contributed by atoms with Gasteiger partial charge in [-0.3, -0.25) is 0 Å². The molecule has 1 aliphatic heterocycles. The van der Waals surface area contributed by atoms with E-state index in [0.29, 0.717) is 5.75 Å². The number of hydrogen-bond donors (Lipinski definition) is 0. The van der Waals surface area contributed by atoms with Crippen LogP contribution in [0.15, 0.2) is 24.3 Å². The summed E-state index contributed by atoms with van der Waals surface area (Å²) in [4.78, 5) is 0. The Labute approximate surface area is 141 Å². The first-order chi connectivity index (χ1) is 11.1. The second-order valence-electron chi connectivity index (χ2n) is 6.24. The van der Waals surface area contributed by atoms with Crippen molar-refractivity contribution in [3.8, 4) is 28.5 Å². The van der Waals surface area contributed by atoms with E-state index in [9.17, 15) is 0 Å². The van der Waals surface area contributed by atoms with Gasteiger partial charge in [-0.05, 0) is 0 Å². The van der Waals surface area contributed by atoms with Crippen molar-refractivity contribution in [2.75, 3.05) is 7.11 Å². The topological polar surface area (TPSA) is 53.5 Å². The van der Waals surface area contributed by atoms with Crippen LogP contribution in [0.2, 0.25) is 0 Å². The van der Waals surface area contributed by atoms with Crippen molar-refractivity contribution in [1.29, 1.82) is 0 Å². The minimum atomic E-state index is -0.382. The maximum atomic E-state index is 6.22. The summed E-state index contributed by atoms with van der Waals surface area (Å²) in [5, 5.41) is 4.35. The molecular formula is C17H18N2O3Se. The molecule has 0 bridgehead atoms. The Hall–Kier alpha value is -1.78. The monoisotopic (exact) mass is 378 g/mol. The summed E-state index contributed by atoms with van der Waals surface area (Å²) in [6, 6.07) is 3.89. The van der Waals surface area contributed by atoms with E-state index < -0.39 is 0 Å². The molecule has 0 radical (unpaired) electrons. The molecule has 0 unspecified atom stereocenters. The molecule has 23 heavy (non-hydrogen) atoms. The van der Waals surface area contributed by atoms with Crippen LogP contribution in [0.4, 0.5) is 0 Å². The summed E-state index contributed by atoms with van der Waals surface area (Å²) >= 11 is 0.00838. The number of hydrogen-bond acceptors (Lipinski definition) is 5. The molecule has 2 aliphatic rings. The first kappa shape index (κ1) is 14.8. The zero-order valence-electron chi connectivity index (χ0n) is 13.3. The molecule has 2 aromatic rings. The molecule has 0 spiro atoms. The summed E-state index contributed by atoms with van der Waals surface area (Å²) in [6.07, 6.45) is 6.32. The van der Waals surface area contributed by atoms with Crippen LogP contribution < -0.4 is 14.2 Å². The van der Waals surface area contributed by atoms with E-state index in [1.807, 2.05) is 12.1 Å². The summed E-state index contributed by atoms with van der Waals surface area (Å²) in [5.41, 5.74) is 1.49. The van der Waals surface area contributed by atoms with Crippen LogP contribution in [-0.2, 0) is 5.60 Å². The molecule has 0 fully saturated rings. The molecule has 1 aromatic heterocycles. The predicted molar refractivity (Wildman–Crippen MR) is 87.4 cm³/mol. The van der Waals surface area contributed by atoms with Crippen LogP contribution in [0.1, 0.15) is 31.1 Å². The molecule has 5 nitrogen and oxygen atoms in total. The minimum absolute atomic E-state index is 0.00838. The molecular weight excluding hydrogens is 359 g/mol. The number of nitrogens with zero attached hydrogens (tertiary/aromatic N) is 2. The van der Waals surface area contributed by atoms with E-state index in [1.165, 1.54) is 4.44 Å². The summed E-state index contributed by atoms with van der Waals surface area (Å²) in [5.74, 6) is 2.22. The first-order valence-corrected chi connectivity index (χ1v) is 9.26. The molecule has 0 saturated heterocycles. The number of ether oxygens (including phenoxy) is 3. The second-order valence-corrected chi connectivity index (χ2v) is 7.83. The molecule has 2 heterocycles. The molecule has 0 atom stereocenters. The Kier molecular flexibility index (Phi) is 3.47. The molecule has 0 N–H and O–H groups in total. The molecule has 4 rings (SSSR count). The van der Waals surface area contributed by atoms with E-state index in [2.05, 4.69) is 35.2 Å². The van der Waals surface area contributed by atoms with Crippen LogP contribution >= 0.6 is 0 Å². The van der Waals surface area contributed by atoms with Gasteiger partial charge in [0.15, 0.2) is 0 Å². The number of fused-ring (bicyclic) bond motifs is 3. The van der Waals surface area contributed by atoms with E-state index in [1.54, 1.807) is 7.11 Å². The van der Waals surface area contributed by atoms with Crippen molar-refractivity contribution in [3.05, 3.63) is 28.7 Å². The fourth-order valence-corrected chi connectivity index (χ4v) is 4.49.